The SMILES string of the molecule is CC(C)C[C@@H]1NC(=O)[C@H](CCN)NC(=O)[C@H](Cc2ccccc2)N(C)C(=O)[C@H](C)N(C)C(=O)[C@H](CCCNC(=N)N)NC(=O)[C@H](Cc2ccc(-c3ccccc3)cc2)NC(=O)[C@H](C(C)C)NC(=O)[C@H](Cc2c[nH]c3ccccc23)NC(=O)[C@H](CC(=O)O)NC(=O)[C@H](Cc2ccc(O)cc2)NC(=O)[C@H](CC(N)=O)NC(=O)CSC[C@@H](C(=O)N[C@@H](C)C(N)=O)NC(=O)[C@H](CO)NC(=O)[C@H](C(C)C)NC1=O. The highest BCUT2D eigenvalue weighted by Gasteiger charge is 2.42. The Morgan fingerprint density at radius 1 is 0.493 bits per heavy atom. The number of amides is 17. The van der Waals surface area contributed by atoms with Crippen molar-refractivity contribution in [1.82, 2.24) is 89.2 Å². The van der Waals surface area contributed by atoms with Gasteiger partial charge in [0.2, 0.25) is 100 Å². The topological polar surface area (TPSA) is 687 Å². The number of nitrogens with two attached hydrogens (primary N) is 4. The first-order valence-electron chi connectivity index (χ1n) is 45.1. The van der Waals surface area contributed by atoms with Crippen molar-refractivity contribution >= 4 is 135 Å². The number of carboxylic acid groups (broad SMARTS) is 1. The Hall–Kier alpha value is -14.6. The molecule has 1 saturated heterocycles. The number of guanidine groups is 1. The van der Waals surface area contributed by atoms with Crippen molar-refractivity contribution in [3.8, 4) is 16.9 Å². The predicted molar refractivity (Wildman–Crippen MR) is 511 cm³/mol. The number of thioether (sulfide) groups is 1. The smallest absolute Gasteiger partial charge is 0.305 e. The van der Waals surface area contributed by atoms with Crippen LogP contribution in [0.25, 0.3) is 22.0 Å². The molecule has 5 aromatic carbocycles. The molecule has 1 fully saturated rings. The first-order valence-corrected chi connectivity index (χ1v) is 46.3. The number of carboxylic acids is 1. The Morgan fingerprint density at radius 2 is 0.957 bits per heavy atom. The predicted octanol–water partition coefficient (Wildman–Crippen LogP) is -2.65. The lowest BCUT2D eigenvalue weighted by Crippen LogP contribution is -2.62. The second kappa shape index (κ2) is 53.7. The van der Waals surface area contributed by atoms with Gasteiger partial charge in [0.15, 0.2) is 5.96 Å². The lowest BCUT2D eigenvalue weighted by molar-refractivity contribution is -0.148. The van der Waals surface area contributed by atoms with E-state index in [-0.39, 0.29) is 68.8 Å². The van der Waals surface area contributed by atoms with E-state index in [1.807, 2.05) is 30.3 Å². The average molecular weight is 1930 g/mol. The maximum absolute atomic E-state index is 15.5. The molecule has 43 nitrogen and oxygen atoms in total. The van der Waals surface area contributed by atoms with Crippen LogP contribution in [0.1, 0.15) is 116 Å². The number of H-pyrrole nitrogens is 1. The van der Waals surface area contributed by atoms with E-state index < -0.39 is 259 Å². The zero-order valence-electron chi connectivity index (χ0n) is 78.6. The summed E-state index contributed by atoms with van der Waals surface area (Å²) in [5, 5.41) is 75.5. The van der Waals surface area contributed by atoms with E-state index in [9.17, 15) is 68.1 Å². The normalized spacial score (nSPS) is 23.1. The van der Waals surface area contributed by atoms with Crippen molar-refractivity contribution in [2.45, 2.75) is 210 Å². The summed E-state index contributed by atoms with van der Waals surface area (Å²) in [6, 6.07) is 11.5. The molecular weight excluding hydrogens is 1810 g/mol. The number of fused-ring (bicyclic) bond motifs is 1. The second-order valence-electron chi connectivity index (χ2n) is 34.9. The van der Waals surface area contributed by atoms with Gasteiger partial charge in [0.05, 0.1) is 25.2 Å². The highest BCUT2D eigenvalue weighted by Crippen LogP contribution is 2.25. The fourth-order valence-corrected chi connectivity index (χ4v) is 15.9. The molecule has 6 aromatic rings. The van der Waals surface area contributed by atoms with Crippen molar-refractivity contribution in [1.29, 1.82) is 5.41 Å². The number of aromatic amines is 1. The molecule has 1 aliphatic rings. The number of para-hydroxylation sites is 1. The van der Waals surface area contributed by atoms with Crippen LogP contribution in [0.3, 0.4) is 0 Å². The quantitative estimate of drug-likeness (QED) is 0.0142. The highest BCUT2D eigenvalue weighted by molar-refractivity contribution is 8.00. The number of phenols is 1. The number of hydrogen-bond acceptors (Lipinski definition) is 23. The van der Waals surface area contributed by atoms with Crippen LogP contribution in [0, 0.1) is 23.2 Å². The van der Waals surface area contributed by atoms with Crippen LogP contribution in [0.4, 0.5) is 0 Å². The molecule has 27 N–H and O–H groups in total. The number of aliphatic carboxylic acids is 1. The molecule has 0 radical (unpaired) electrons. The van der Waals surface area contributed by atoms with Crippen LogP contribution < -0.4 is 97.4 Å². The molecule has 1 aliphatic heterocycles. The fourth-order valence-electron chi connectivity index (χ4n) is 15.0. The summed E-state index contributed by atoms with van der Waals surface area (Å²) in [6.07, 6.45) is -2.58. The number of aliphatic hydroxyl groups excluding tert-OH is 1. The number of aromatic nitrogens is 1. The first kappa shape index (κ1) is 110. The summed E-state index contributed by atoms with van der Waals surface area (Å²) in [5.41, 5.74) is 26.7. The zero-order chi connectivity index (χ0) is 102. The maximum Gasteiger partial charge on any atom is 0.305 e. The van der Waals surface area contributed by atoms with Gasteiger partial charge in [0, 0.05) is 69.2 Å². The third-order valence-electron chi connectivity index (χ3n) is 22.9. The number of likely N-dealkylation sites (N-methyl/N-ethyl adjacent to an activating group) is 2. The number of hydrogen-bond donors (Lipinski definition) is 23. The second-order valence-corrected chi connectivity index (χ2v) is 35.9. The van der Waals surface area contributed by atoms with Crippen LogP contribution in [0.15, 0.2) is 140 Å². The molecule has 138 heavy (non-hydrogen) atoms. The molecule has 746 valence electrons. The summed E-state index contributed by atoms with van der Waals surface area (Å²) >= 11 is 0.609. The maximum atomic E-state index is 15.5. The number of aliphatic hydroxyl groups is 1. The third-order valence-corrected chi connectivity index (χ3v) is 23.9. The van der Waals surface area contributed by atoms with Crippen LogP contribution in [0.2, 0.25) is 0 Å². The van der Waals surface area contributed by atoms with Gasteiger partial charge >= 0.3 is 5.97 Å². The number of benzene rings is 5. The standard InChI is InChI=1S/C94H128N22O21S/c1-49(2)38-65-85(129)113-78(51(5)6)91(135)111-71(46-117)87(131)112-72(88(132)102-52(7)79(97)123)47-138-48-75(120)103-69(43-74(96)119)83(127)107-66(40-56-29-33-60(118)34-30-56)82(126)109-70(44-76(121)122)84(128)108-68(42-59-45-101-62-25-18-17-24-61(59)62)86(130)114-77(50(3)4)90(134)110-67(39-55-27-31-58(32-28-55)57-22-15-12-16-23-57)81(125)105-64(26-19-37-100-94(98)99)93(137)115(9)53(8)92(136)116(10)73(41-54-20-13-11-14-21-54)89(133)104-63(35-36-95)80(124)106-65/h11-18,20-25,27-34,45,49-53,63-73,77-78,101,117-118H,19,26,35-44,46-48,95H2,1-10H3,(H2,96,119)(H2,97,123)(H,102,132)(H,103,120)(H,104,133)(H,105,125)(H,106,124)(H,107,127)(H,108,128)(H,109,126)(H,110,134)(H,111,135)(H,112,131)(H,113,129)(H,114,130)(H,121,122)(H4,98,99,100)/t52-,53-,63-,64-,65-,66-,67-,68-,69-,70-,71-,72-,73-,77-,78-/m0/s1. The lowest BCUT2D eigenvalue weighted by atomic mass is 9.98. The van der Waals surface area contributed by atoms with Gasteiger partial charge in [-0.15, -0.1) is 11.8 Å². The van der Waals surface area contributed by atoms with Crippen LogP contribution in [-0.2, 0) is 112 Å². The Labute approximate surface area is 802 Å². The Bertz CT molecular complexity index is 5280. The molecular formula is C94H128N22O21S. The van der Waals surface area contributed by atoms with Gasteiger partial charge in [-0.3, -0.25) is 91.7 Å². The molecule has 0 unspecified atom stereocenters. The molecule has 1 aromatic heterocycles. The van der Waals surface area contributed by atoms with E-state index in [4.69, 9.17) is 28.3 Å². The van der Waals surface area contributed by atoms with Gasteiger partial charge < -0.3 is 127 Å². The van der Waals surface area contributed by atoms with Crippen LogP contribution in [-0.4, -0.2) is 278 Å². The van der Waals surface area contributed by atoms with Gasteiger partial charge in [0.25, 0.3) is 0 Å². The molecule has 0 aliphatic carbocycles. The lowest BCUT2D eigenvalue weighted by Gasteiger charge is -2.35. The number of primary amides is 2. The third kappa shape index (κ3) is 34.1. The van der Waals surface area contributed by atoms with Gasteiger partial charge in [-0.05, 0) is 115 Å². The summed E-state index contributed by atoms with van der Waals surface area (Å²) in [7, 11) is 2.57. The van der Waals surface area contributed by atoms with E-state index in [2.05, 4.69) is 79.4 Å². The number of phenolic OH excluding ortho intramolecular Hbond substituents is 1. The summed E-state index contributed by atoms with van der Waals surface area (Å²) in [4.78, 5) is 266. The molecule has 44 heteroatoms. The molecule has 0 bridgehead atoms. The number of carbonyl (C=O) groups excluding carboxylic acids is 17. The highest BCUT2D eigenvalue weighted by atomic mass is 32.2. The summed E-state index contributed by atoms with van der Waals surface area (Å²) in [6.45, 7) is 10.7. The van der Waals surface area contributed by atoms with E-state index in [1.54, 1.807) is 107 Å². The number of rotatable bonds is 27. The molecule has 7 rings (SSSR count). The Balaban J connectivity index is 1.34. The summed E-state index contributed by atoms with van der Waals surface area (Å²) < 4.78 is 0. The Morgan fingerprint density at radius 3 is 1.50 bits per heavy atom. The van der Waals surface area contributed by atoms with E-state index in [0.29, 0.717) is 39.4 Å². The van der Waals surface area contributed by atoms with Crippen molar-refractivity contribution in [3.05, 3.63) is 162 Å². The number of nitrogens with zero attached hydrogens (tertiary/aromatic N) is 2. The van der Waals surface area contributed by atoms with Gasteiger partial charge in [-0.2, -0.15) is 0 Å². The van der Waals surface area contributed by atoms with Crippen molar-refractivity contribution < 1.29 is 102 Å². The van der Waals surface area contributed by atoms with Crippen molar-refractivity contribution in [3.63, 3.8) is 0 Å². The van der Waals surface area contributed by atoms with Crippen molar-refractivity contribution in [2.75, 3.05) is 45.3 Å². The minimum Gasteiger partial charge on any atom is -0.508 e. The van der Waals surface area contributed by atoms with Gasteiger partial charge in [-0.1, -0.05) is 157 Å². The zero-order valence-corrected chi connectivity index (χ0v) is 79.4. The molecule has 2 heterocycles. The van der Waals surface area contributed by atoms with Crippen molar-refractivity contribution in [2.24, 2.45) is 40.7 Å². The van der Waals surface area contributed by atoms with E-state index >= 15 is 33.6 Å². The monoisotopic (exact) mass is 1930 g/mol. The Kier molecular flexibility index (Phi) is 42.9. The minimum absolute atomic E-state index is 0.0192. The number of aromatic hydroxyl groups is 1. The van der Waals surface area contributed by atoms with Gasteiger partial charge in [0.1, 0.15) is 96.4 Å². The van der Waals surface area contributed by atoms with E-state index in [1.165, 1.54) is 72.3 Å². The largest absolute Gasteiger partial charge is 0.508 e. The fraction of sp³-hybridized carbons (Fsp3) is 0.457. The van der Waals surface area contributed by atoms with Crippen LogP contribution in [0.5, 0.6) is 5.75 Å². The molecule has 17 amide bonds. The first-order chi connectivity index (χ1) is 65.4. The average Bonchev–Trinajstić information content (AvgIpc) is 1.72. The molecule has 0 spiro atoms. The van der Waals surface area contributed by atoms with E-state index in [0.717, 1.165) is 20.9 Å². The van der Waals surface area contributed by atoms with Gasteiger partial charge in [-0.25, -0.2) is 0 Å². The van der Waals surface area contributed by atoms with Crippen LogP contribution >= 0.6 is 11.8 Å². The number of nitrogens with one attached hydrogen (secondary N) is 16. The minimum atomic E-state index is -2.13. The molecule has 0 saturated carbocycles. The molecule has 15 atom stereocenters. The number of carbonyl (C=O) groups is 18. The summed E-state index contributed by atoms with van der Waals surface area (Å²) in [5.74, 6) is -23.8.